The van der Waals surface area contributed by atoms with Crippen LogP contribution in [0, 0.1) is 5.82 Å². The first kappa shape index (κ1) is 13.8. The summed E-state index contributed by atoms with van der Waals surface area (Å²) in [7, 11) is 2.10. The van der Waals surface area contributed by atoms with E-state index in [2.05, 4.69) is 47.8 Å². The Morgan fingerprint density at radius 3 is 2.73 bits per heavy atom. The van der Waals surface area contributed by atoms with Gasteiger partial charge in [0.25, 0.3) is 0 Å². The van der Waals surface area contributed by atoms with Gasteiger partial charge in [0.1, 0.15) is 6.33 Å². The second-order valence-electron chi connectivity index (χ2n) is 5.45. The molecule has 0 atom stereocenters. The number of hydrogen-bond acceptors (Lipinski definition) is 5. The lowest BCUT2D eigenvalue weighted by Gasteiger charge is -2.33. The molecule has 114 valence electrons. The Balaban J connectivity index is 1.95. The molecule has 0 radical (unpaired) electrons. The number of piperazine rings is 1. The van der Waals surface area contributed by atoms with Gasteiger partial charge in [-0.05, 0) is 35.1 Å². The fraction of sp³-hybridized carbons (Fsp3) is 0.357. The predicted molar refractivity (Wildman–Crippen MR) is 85.7 cm³/mol. The summed E-state index contributed by atoms with van der Waals surface area (Å²) in [6, 6.07) is 3.47. The fourth-order valence-corrected chi connectivity index (χ4v) is 3.10. The van der Waals surface area contributed by atoms with E-state index in [4.69, 9.17) is 0 Å². The molecule has 1 aliphatic heterocycles. The summed E-state index contributed by atoms with van der Waals surface area (Å²) in [5, 5.41) is 4.63. The molecular formula is C14H14BrFN6. The number of nitrogens with zero attached hydrogens (tertiary/aromatic N) is 6. The zero-order chi connectivity index (χ0) is 15.3. The molecule has 8 heteroatoms. The van der Waals surface area contributed by atoms with Gasteiger partial charge >= 0.3 is 0 Å². The summed E-state index contributed by atoms with van der Waals surface area (Å²) in [6.45, 7) is 3.65. The molecule has 0 saturated carbocycles. The predicted octanol–water partition coefficient (Wildman–Crippen LogP) is 1.93. The molecule has 3 aromatic rings. The molecule has 1 saturated heterocycles. The third-order valence-corrected chi connectivity index (χ3v) is 4.65. The number of hydrogen-bond donors (Lipinski definition) is 0. The van der Waals surface area contributed by atoms with E-state index in [9.17, 15) is 4.39 Å². The Hall–Kier alpha value is -1.80. The molecule has 0 aliphatic carbocycles. The Morgan fingerprint density at radius 2 is 1.95 bits per heavy atom. The summed E-state index contributed by atoms with van der Waals surface area (Å²) in [5.41, 5.74) is 1.09. The zero-order valence-electron chi connectivity index (χ0n) is 12.0. The third-order valence-electron chi connectivity index (χ3n) is 4.04. The first-order valence-electron chi connectivity index (χ1n) is 7.06. The minimum absolute atomic E-state index is 0.354. The highest BCUT2D eigenvalue weighted by Gasteiger charge is 2.21. The standard InChI is InChI=1S/C14H14BrFN6/c1-20-4-6-21(7-5-20)14-19-10-3-2-9(15)12(16)11(10)13-17-8-18-22(13)14/h2-3,8H,4-7H2,1H3. The van der Waals surface area contributed by atoms with Gasteiger partial charge in [-0.3, -0.25) is 0 Å². The molecule has 1 aliphatic rings. The highest BCUT2D eigenvalue weighted by atomic mass is 79.9. The Kier molecular flexibility index (Phi) is 3.23. The van der Waals surface area contributed by atoms with Crippen molar-refractivity contribution in [3.8, 4) is 0 Å². The molecule has 1 fully saturated rings. The lowest BCUT2D eigenvalue weighted by Crippen LogP contribution is -2.45. The smallest absolute Gasteiger partial charge is 0.229 e. The number of likely N-dealkylation sites (N-methyl/N-ethyl adjacent to an activating group) is 1. The summed E-state index contributed by atoms with van der Waals surface area (Å²) < 4.78 is 16.5. The second-order valence-corrected chi connectivity index (χ2v) is 6.31. The number of aromatic nitrogens is 4. The maximum absolute atomic E-state index is 14.4. The van der Waals surface area contributed by atoms with Crippen molar-refractivity contribution in [1.82, 2.24) is 24.5 Å². The number of rotatable bonds is 1. The molecule has 0 unspecified atom stereocenters. The van der Waals surface area contributed by atoms with E-state index in [1.807, 2.05) is 0 Å². The first-order valence-corrected chi connectivity index (χ1v) is 7.85. The molecule has 4 rings (SSSR count). The quantitative estimate of drug-likeness (QED) is 0.660. The normalized spacial score (nSPS) is 16.8. The van der Waals surface area contributed by atoms with E-state index in [1.165, 1.54) is 6.33 Å². The van der Waals surface area contributed by atoms with Crippen molar-refractivity contribution in [2.45, 2.75) is 0 Å². The van der Waals surface area contributed by atoms with Crippen LogP contribution in [0.5, 0.6) is 0 Å². The van der Waals surface area contributed by atoms with Crippen molar-refractivity contribution in [1.29, 1.82) is 0 Å². The van der Waals surface area contributed by atoms with Crippen LogP contribution in [0.15, 0.2) is 22.9 Å². The summed E-state index contributed by atoms with van der Waals surface area (Å²) in [6.07, 6.45) is 1.44. The zero-order valence-corrected chi connectivity index (χ0v) is 13.6. The van der Waals surface area contributed by atoms with Gasteiger partial charge in [-0.2, -0.15) is 9.61 Å². The van der Waals surface area contributed by atoms with Gasteiger partial charge in [-0.15, -0.1) is 0 Å². The maximum Gasteiger partial charge on any atom is 0.229 e. The fourth-order valence-electron chi connectivity index (χ4n) is 2.77. The topological polar surface area (TPSA) is 49.6 Å². The van der Waals surface area contributed by atoms with Crippen LogP contribution in [0.1, 0.15) is 0 Å². The van der Waals surface area contributed by atoms with E-state index in [-0.39, 0.29) is 5.82 Å². The monoisotopic (exact) mass is 364 g/mol. The second kappa shape index (κ2) is 5.13. The van der Waals surface area contributed by atoms with Crippen LogP contribution in [-0.2, 0) is 0 Å². The van der Waals surface area contributed by atoms with Crippen LogP contribution in [-0.4, -0.2) is 57.7 Å². The highest BCUT2D eigenvalue weighted by molar-refractivity contribution is 9.10. The highest BCUT2D eigenvalue weighted by Crippen LogP contribution is 2.29. The molecule has 0 spiro atoms. The van der Waals surface area contributed by atoms with Crippen molar-refractivity contribution >= 4 is 38.4 Å². The Morgan fingerprint density at radius 1 is 1.18 bits per heavy atom. The van der Waals surface area contributed by atoms with Crippen LogP contribution in [0.25, 0.3) is 16.6 Å². The van der Waals surface area contributed by atoms with Gasteiger partial charge < -0.3 is 9.80 Å². The van der Waals surface area contributed by atoms with Crippen molar-refractivity contribution in [3.63, 3.8) is 0 Å². The molecule has 6 nitrogen and oxygen atoms in total. The van der Waals surface area contributed by atoms with Crippen molar-refractivity contribution in [3.05, 3.63) is 28.7 Å². The SMILES string of the molecule is CN1CCN(c2nc3ccc(Br)c(F)c3c3ncnn23)CC1. The van der Waals surface area contributed by atoms with Crippen LogP contribution >= 0.6 is 15.9 Å². The summed E-state index contributed by atoms with van der Waals surface area (Å²) >= 11 is 3.22. The molecule has 2 aromatic heterocycles. The van der Waals surface area contributed by atoms with E-state index >= 15 is 0 Å². The molecule has 3 heterocycles. The molecule has 22 heavy (non-hydrogen) atoms. The minimum atomic E-state index is -0.354. The number of benzene rings is 1. The van der Waals surface area contributed by atoms with Gasteiger partial charge in [0, 0.05) is 26.2 Å². The van der Waals surface area contributed by atoms with Crippen LogP contribution in [0.2, 0.25) is 0 Å². The van der Waals surface area contributed by atoms with Gasteiger partial charge in [0.05, 0.1) is 15.4 Å². The molecule has 1 aromatic carbocycles. The molecular weight excluding hydrogens is 351 g/mol. The molecule has 0 bridgehead atoms. The average molecular weight is 365 g/mol. The number of halogens is 2. The van der Waals surface area contributed by atoms with Crippen LogP contribution < -0.4 is 4.90 Å². The van der Waals surface area contributed by atoms with Gasteiger partial charge in [-0.25, -0.2) is 14.4 Å². The number of anilines is 1. The summed E-state index contributed by atoms with van der Waals surface area (Å²) in [4.78, 5) is 13.3. The summed E-state index contributed by atoms with van der Waals surface area (Å²) in [5.74, 6) is 0.364. The lowest BCUT2D eigenvalue weighted by molar-refractivity contribution is 0.310. The van der Waals surface area contributed by atoms with Crippen molar-refractivity contribution in [2.24, 2.45) is 0 Å². The van der Waals surface area contributed by atoms with E-state index < -0.39 is 0 Å². The van der Waals surface area contributed by atoms with Gasteiger partial charge in [0.15, 0.2) is 11.5 Å². The average Bonchev–Trinajstić information content (AvgIpc) is 3.00. The van der Waals surface area contributed by atoms with Crippen molar-refractivity contribution in [2.75, 3.05) is 38.1 Å². The van der Waals surface area contributed by atoms with E-state index in [0.29, 0.717) is 21.0 Å². The van der Waals surface area contributed by atoms with E-state index in [0.717, 1.165) is 32.1 Å². The third kappa shape index (κ3) is 2.05. The van der Waals surface area contributed by atoms with Crippen molar-refractivity contribution < 1.29 is 4.39 Å². The first-order chi connectivity index (χ1) is 10.6. The molecule has 0 amide bonds. The number of fused-ring (bicyclic) bond motifs is 3. The van der Waals surface area contributed by atoms with Gasteiger partial charge in [0.2, 0.25) is 5.95 Å². The van der Waals surface area contributed by atoms with Crippen LogP contribution in [0.4, 0.5) is 10.3 Å². The van der Waals surface area contributed by atoms with Gasteiger partial charge in [-0.1, -0.05) is 0 Å². The molecule has 0 N–H and O–H groups in total. The largest absolute Gasteiger partial charge is 0.338 e. The van der Waals surface area contributed by atoms with Crippen LogP contribution in [0.3, 0.4) is 0 Å². The lowest BCUT2D eigenvalue weighted by atomic mass is 10.2. The van der Waals surface area contributed by atoms with E-state index in [1.54, 1.807) is 16.6 Å². The maximum atomic E-state index is 14.4. The Labute approximate surface area is 134 Å². The minimum Gasteiger partial charge on any atom is -0.338 e. The Bertz CT molecular complexity index is 855.